The molecule has 0 aliphatic rings. The number of hydrogen-bond donors (Lipinski definition) is 2. The van der Waals surface area contributed by atoms with Gasteiger partial charge < -0.3 is 10.3 Å². The fraction of sp³-hybridized carbons (Fsp3) is 0.105. The van der Waals surface area contributed by atoms with Gasteiger partial charge in [0.05, 0.1) is 29.1 Å². The number of aromatic nitrogens is 7. The van der Waals surface area contributed by atoms with Crippen molar-refractivity contribution in [2.45, 2.75) is 13.0 Å². The van der Waals surface area contributed by atoms with Crippen LogP contribution in [0, 0.1) is 5.82 Å². The lowest BCUT2D eigenvalue weighted by molar-refractivity contribution is 0.629. The summed E-state index contributed by atoms with van der Waals surface area (Å²) in [7, 11) is 0. The first-order chi connectivity index (χ1) is 13.7. The number of imidazole rings is 2. The SMILES string of the molecule is CC(Nc1ncnc2[nH]cnc12)c1nc2ccc(F)cc2n1-c1ccncc1. The lowest BCUT2D eigenvalue weighted by Crippen LogP contribution is -2.14. The molecule has 1 aromatic carbocycles. The minimum absolute atomic E-state index is 0.238. The molecular formula is C19H15FN8. The summed E-state index contributed by atoms with van der Waals surface area (Å²) in [5.41, 5.74) is 3.53. The molecule has 8 nitrogen and oxygen atoms in total. The molecule has 28 heavy (non-hydrogen) atoms. The first-order valence-corrected chi connectivity index (χ1v) is 8.69. The summed E-state index contributed by atoms with van der Waals surface area (Å²) in [6.45, 7) is 1.97. The maximum absolute atomic E-state index is 13.9. The molecule has 0 amide bonds. The Kier molecular flexibility index (Phi) is 3.71. The highest BCUT2D eigenvalue weighted by Gasteiger charge is 2.20. The third-order valence-corrected chi connectivity index (χ3v) is 4.52. The molecule has 5 aromatic rings. The van der Waals surface area contributed by atoms with E-state index in [0.717, 1.165) is 5.69 Å². The number of nitrogens with one attached hydrogen (secondary N) is 2. The van der Waals surface area contributed by atoms with Crippen molar-refractivity contribution < 1.29 is 4.39 Å². The Morgan fingerprint density at radius 3 is 2.82 bits per heavy atom. The zero-order valence-corrected chi connectivity index (χ0v) is 14.8. The fourth-order valence-corrected chi connectivity index (χ4v) is 3.26. The Balaban J connectivity index is 1.64. The highest BCUT2D eigenvalue weighted by Crippen LogP contribution is 2.28. The van der Waals surface area contributed by atoms with Gasteiger partial charge in [0.25, 0.3) is 0 Å². The lowest BCUT2D eigenvalue weighted by atomic mass is 10.2. The first kappa shape index (κ1) is 16.3. The van der Waals surface area contributed by atoms with E-state index in [4.69, 9.17) is 4.98 Å². The Morgan fingerprint density at radius 2 is 1.96 bits per heavy atom. The van der Waals surface area contributed by atoms with Crippen LogP contribution in [0.25, 0.3) is 27.9 Å². The van der Waals surface area contributed by atoms with E-state index in [9.17, 15) is 4.39 Å². The predicted octanol–water partition coefficient (Wildman–Crippen LogP) is 3.40. The third-order valence-electron chi connectivity index (χ3n) is 4.52. The molecule has 0 saturated heterocycles. The number of H-pyrrole nitrogens is 1. The summed E-state index contributed by atoms with van der Waals surface area (Å²) in [4.78, 5) is 24.5. The number of benzene rings is 1. The van der Waals surface area contributed by atoms with Crippen molar-refractivity contribution in [1.82, 2.24) is 34.5 Å². The Morgan fingerprint density at radius 1 is 1.11 bits per heavy atom. The highest BCUT2D eigenvalue weighted by atomic mass is 19.1. The number of aromatic amines is 1. The van der Waals surface area contributed by atoms with E-state index < -0.39 is 0 Å². The molecule has 4 heterocycles. The molecule has 0 radical (unpaired) electrons. The van der Waals surface area contributed by atoms with Gasteiger partial charge in [0.15, 0.2) is 11.5 Å². The molecule has 5 rings (SSSR count). The van der Waals surface area contributed by atoms with Gasteiger partial charge in [-0.1, -0.05) is 0 Å². The summed E-state index contributed by atoms with van der Waals surface area (Å²) in [6.07, 6.45) is 6.43. The number of halogens is 1. The van der Waals surface area contributed by atoms with Gasteiger partial charge >= 0.3 is 0 Å². The van der Waals surface area contributed by atoms with E-state index in [1.54, 1.807) is 24.8 Å². The molecule has 0 aliphatic carbocycles. The normalized spacial score (nSPS) is 12.5. The molecular weight excluding hydrogens is 359 g/mol. The van der Waals surface area contributed by atoms with Crippen molar-refractivity contribution in [3.8, 4) is 5.69 Å². The highest BCUT2D eigenvalue weighted by molar-refractivity contribution is 5.82. The van der Waals surface area contributed by atoms with Crippen molar-refractivity contribution in [3.05, 3.63) is 67.0 Å². The van der Waals surface area contributed by atoms with Gasteiger partial charge in [-0.2, -0.15) is 0 Å². The van der Waals surface area contributed by atoms with E-state index in [1.807, 2.05) is 23.6 Å². The average Bonchev–Trinajstić information content (AvgIpc) is 3.33. The van der Waals surface area contributed by atoms with Gasteiger partial charge in [-0.3, -0.25) is 9.55 Å². The van der Waals surface area contributed by atoms with E-state index in [0.29, 0.717) is 33.8 Å². The number of fused-ring (bicyclic) bond motifs is 2. The lowest BCUT2D eigenvalue weighted by Gasteiger charge is -2.17. The van der Waals surface area contributed by atoms with Crippen molar-refractivity contribution >= 4 is 28.0 Å². The topological polar surface area (TPSA) is 97.2 Å². The number of rotatable bonds is 4. The van der Waals surface area contributed by atoms with Gasteiger partial charge in [0.2, 0.25) is 0 Å². The van der Waals surface area contributed by atoms with Crippen molar-refractivity contribution in [3.63, 3.8) is 0 Å². The van der Waals surface area contributed by atoms with Crippen LogP contribution in [0.5, 0.6) is 0 Å². The third kappa shape index (κ3) is 2.64. The summed E-state index contributed by atoms with van der Waals surface area (Å²) in [6, 6.07) is 8.05. The molecule has 1 unspecified atom stereocenters. The van der Waals surface area contributed by atoms with Gasteiger partial charge in [-0.15, -0.1) is 0 Å². The van der Waals surface area contributed by atoms with Gasteiger partial charge in [0, 0.05) is 18.5 Å². The molecule has 0 aliphatic heterocycles. The molecule has 0 fully saturated rings. The number of hydrogen-bond acceptors (Lipinski definition) is 6. The average molecular weight is 374 g/mol. The fourth-order valence-electron chi connectivity index (χ4n) is 3.26. The molecule has 138 valence electrons. The zero-order valence-electron chi connectivity index (χ0n) is 14.8. The smallest absolute Gasteiger partial charge is 0.162 e. The summed E-state index contributed by atoms with van der Waals surface area (Å²) in [5.74, 6) is 0.997. The van der Waals surface area contributed by atoms with E-state index in [-0.39, 0.29) is 11.9 Å². The number of anilines is 1. The monoisotopic (exact) mass is 374 g/mol. The first-order valence-electron chi connectivity index (χ1n) is 8.69. The van der Waals surface area contributed by atoms with Crippen LogP contribution in [-0.2, 0) is 0 Å². The number of nitrogens with zero attached hydrogens (tertiary/aromatic N) is 6. The van der Waals surface area contributed by atoms with Crippen molar-refractivity contribution in [2.24, 2.45) is 0 Å². The van der Waals surface area contributed by atoms with Gasteiger partial charge in [-0.25, -0.2) is 24.3 Å². The van der Waals surface area contributed by atoms with Crippen molar-refractivity contribution in [1.29, 1.82) is 0 Å². The van der Waals surface area contributed by atoms with Crippen LogP contribution >= 0.6 is 0 Å². The molecule has 0 saturated carbocycles. The molecule has 1 atom stereocenters. The second-order valence-electron chi connectivity index (χ2n) is 6.33. The Labute approximate surface area is 158 Å². The van der Waals surface area contributed by atoms with Crippen LogP contribution in [0.3, 0.4) is 0 Å². The van der Waals surface area contributed by atoms with E-state index >= 15 is 0 Å². The second kappa shape index (κ2) is 6.38. The predicted molar refractivity (Wildman–Crippen MR) is 103 cm³/mol. The zero-order chi connectivity index (χ0) is 19.1. The minimum Gasteiger partial charge on any atom is -0.358 e. The van der Waals surface area contributed by atoms with Crippen LogP contribution in [0.4, 0.5) is 10.2 Å². The van der Waals surface area contributed by atoms with Gasteiger partial charge in [0.1, 0.15) is 23.5 Å². The second-order valence-corrected chi connectivity index (χ2v) is 6.33. The van der Waals surface area contributed by atoms with Crippen LogP contribution in [0.2, 0.25) is 0 Å². The minimum atomic E-state index is -0.316. The maximum atomic E-state index is 13.9. The molecule has 9 heteroatoms. The summed E-state index contributed by atoms with van der Waals surface area (Å²) in [5, 5.41) is 3.35. The van der Waals surface area contributed by atoms with Crippen LogP contribution < -0.4 is 5.32 Å². The summed E-state index contributed by atoms with van der Waals surface area (Å²) < 4.78 is 15.8. The Bertz CT molecular complexity index is 1280. The van der Waals surface area contributed by atoms with Crippen LogP contribution in [0.15, 0.2) is 55.4 Å². The van der Waals surface area contributed by atoms with Gasteiger partial charge in [-0.05, 0) is 31.2 Å². The molecule has 4 aromatic heterocycles. The van der Waals surface area contributed by atoms with E-state index in [1.165, 1.54) is 18.5 Å². The quantitative estimate of drug-likeness (QED) is 0.500. The summed E-state index contributed by atoms with van der Waals surface area (Å²) >= 11 is 0. The number of pyridine rings is 1. The molecule has 2 N–H and O–H groups in total. The van der Waals surface area contributed by atoms with Crippen molar-refractivity contribution in [2.75, 3.05) is 5.32 Å². The van der Waals surface area contributed by atoms with E-state index in [2.05, 4.69) is 30.2 Å². The molecule has 0 spiro atoms. The largest absolute Gasteiger partial charge is 0.358 e. The van der Waals surface area contributed by atoms with Crippen LogP contribution in [-0.4, -0.2) is 34.5 Å². The standard InChI is InChI=1S/C19H15FN8/c1-11(26-18-16-17(23-9-22-16)24-10-25-18)19-27-14-3-2-12(20)8-15(14)28(19)13-4-6-21-7-5-13/h2-11H,1H3,(H2,22,23,24,25,26). The van der Waals surface area contributed by atoms with Crippen LogP contribution in [0.1, 0.15) is 18.8 Å². The maximum Gasteiger partial charge on any atom is 0.162 e. The molecule has 0 bridgehead atoms. The Hall–Kier alpha value is -3.88.